The largest absolute Gasteiger partial charge is 0.417 e. The van der Waals surface area contributed by atoms with Crippen LogP contribution in [-0.4, -0.2) is 41.7 Å². The molecule has 20 heavy (non-hydrogen) atoms. The van der Waals surface area contributed by atoms with E-state index in [0.717, 1.165) is 4.90 Å². The molecular weight excluding hydrogens is 283 g/mol. The summed E-state index contributed by atoms with van der Waals surface area (Å²) in [5.74, 6) is -3.75. The van der Waals surface area contributed by atoms with E-state index in [9.17, 15) is 26.7 Å². The van der Waals surface area contributed by atoms with Gasteiger partial charge in [0.15, 0.2) is 5.54 Å². The summed E-state index contributed by atoms with van der Waals surface area (Å²) in [5, 5.41) is 1.47. The number of hydrogen-bond donors (Lipinski definition) is 1. The van der Waals surface area contributed by atoms with E-state index >= 15 is 0 Å². The first-order valence-corrected chi connectivity index (χ1v) is 6.40. The number of likely N-dealkylation sites (tertiary alicyclic amines) is 1. The molecule has 3 nitrogen and oxygen atoms in total. The van der Waals surface area contributed by atoms with E-state index in [1.165, 1.54) is 5.32 Å². The molecule has 1 N–H and O–H groups in total. The highest BCUT2D eigenvalue weighted by Crippen LogP contribution is 2.41. The lowest BCUT2D eigenvalue weighted by atomic mass is 9.93. The van der Waals surface area contributed by atoms with Crippen LogP contribution >= 0.6 is 0 Å². The zero-order chi connectivity index (χ0) is 15.8. The average Bonchev–Trinajstić information content (AvgIpc) is 2.26. The highest BCUT2D eigenvalue weighted by Gasteiger charge is 2.65. The summed E-state index contributed by atoms with van der Waals surface area (Å²) in [5.41, 5.74) is -3.58. The van der Waals surface area contributed by atoms with Crippen molar-refractivity contribution in [3.63, 3.8) is 0 Å². The van der Waals surface area contributed by atoms with Gasteiger partial charge in [0.05, 0.1) is 0 Å². The lowest BCUT2D eigenvalue weighted by Crippen LogP contribution is -2.67. The van der Waals surface area contributed by atoms with Gasteiger partial charge < -0.3 is 10.2 Å². The van der Waals surface area contributed by atoms with Crippen molar-refractivity contribution in [3.05, 3.63) is 0 Å². The molecule has 0 aromatic carbocycles. The van der Waals surface area contributed by atoms with E-state index in [2.05, 4.69) is 0 Å². The molecule has 0 aromatic rings. The summed E-state index contributed by atoms with van der Waals surface area (Å²) in [6.07, 6.45) is -3.94. The molecule has 118 valence electrons. The van der Waals surface area contributed by atoms with Gasteiger partial charge >= 0.3 is 12.2 Å². The fourth-order valence-electron chi connectivity index (χ4n) is 1.93. The smallest absolute Gasteiger partial charge is 0.325 e. The average molecular weight is 302 g/mol. The third-order valence-corrected chi connectivity index (χ3v) is 3.87. The molecule has 1 saturated heterocycles. The third-order valence-electron chi connectivity index (χ3n) is 3.87. The second-order valence-corrected chi connectivity index (χ2v) is 5.61. The van der Waals surface area contributed by atoms with Gasteiger partial charge in [-0.05, 0) is 25.7 Å². The molecule has 1 fully saturated rings. The van der Waals surface area contributed by atoms with Crippen molar-refractivity contribution < 1.29 is 26.7 Å². The molecule has 1 unspecified atom stereocenters. The number of urea groups is 1. The molecule has 0 bridgehead atoms. The summed E-state index contributed by atoms with van der Waals surface area (Å²) in [7, 11) is 0. The number of hydrogen-bond acceptors (Lipinski definition) is 1. The molecule has 0 radical (unpaired) electrons. The van der Waals surface area contributed by atoms with E-state index in [-0.39, 0.29) is 20.0 Å². The standard InChI is InChI=1S/C12H19F5N2O/c1-8-4-6-19(7-5-8)9(20)18-10(2,11(3,13)14)12(15,16)17/h8H,4-7H2,1-3H3,(H,18,20). The number of carbonyl (C=O) groups excluding carboxylic acids is 1. The molecule has 0 saturated carbocycles. The number of amides is 2. The van der Waals surface area contributed by atoms with Crippen LogP contribution in [0, 0.1) is 5.92 Å². The van der Waals surface area contributed by atoms with E-state index in [1.54, 1.807) is 0 Å². The number of nitrogens with zero attached hydrogens (tertiary/aromatic N) is 1. The predicted octanol–water partition coefficient (Wildman–Crippen LogP) is 3.40. The van der Waals surface area contributed by atoms with Crippen LogP contribution in [0.2, 0.25) is 0 Å². The van der Waals surface area contributed by atoms with Crippen molar-refractivity contribution >= 4 is 6.03 Å². The molecule has 0 spiro atoms. The van der Waals surface area contributed by atoms with Crippen molar-refractivity contribution in [2.24, 2.45) is 5.92 Å². The van der Waals surface area contributed by atoms with Crippen LogP contribution in [0.1, 0.15) is 33.6 Å². The van der Waals surface area contributed by atoms with Gasteiger partial charge in [-0.2, -0.15) is 13.2 Å². The Hall–Kier alpha value is -1.08. The van der Waals surface area contributed by atoms with Crippen LogP contribution in [0.15, 0.2) is 0 Å². The Morgan fingerprint density at radius 2 is 1.55 bits per heavy atom. The minimum Gasteiger partial charge on any atom is -0.325 e. The van der Waals surface area contributed by atoms with Gasteiger partial charge in [-0.1, -0.05) is 6.92 Å². The van der Waals surface area contributed by atoms with Crippen LogP contribution in [0.5, 0.6) is 0 Å². The Labute approximate surface area is 114 Å². The van der Waals surface area contributed by atoms with Gasteiger partial charge in [0.25, 0.3) is 5.92 Å². The highest BCUT2D eigenvalue weighted by molar-refractivity contribution is 5.75. The maximum Gasteiger partial charge on any atom is 0.417 e. The van der Waals surface area contributed by atoms with Gasteiger partial charge in [-0.15, -0.1) is 0 Å². The number of piperidine rings is 1. The van der Waals surface area contributed by atoms with E-state index in [1.807, 2.05) is 6.92 Å². The van der Waals surface area contributed by atoms with Gasteiger partial charge in [0, 0.05) is 20.0 Å². The first-order chi connectivity index (χ1) is 8.88. The topological polar surface area (TPSA) is 32.3 Å². The fraction of sp³-hybridized carbons (Fsp3) is 0.917. The first kappa shape index (κ1) is 17.0. The quantitative estimate of drug-likeness (QED) is 0.779. The Bertz CT molecular complexity index is 342. The summed E-state index contributed by atoms with van der Waals surface area (Å²) < 4.78 is 65.2. The van der Waals surface area contributed by atoms with Crippen LogP contribution in [0.3, 0.4) is 0 Å². The van der Waals surface area contributed by atoms with Crippen molar-refractivity contribution in [1.29, 1.82) is 0 Å². The van der Waals surface area contributed by atoms with Gasteiger partial charge in [0.1, 0.15) is 0 Å². The summed E-state index contributed by atoms with van der Waals surface area (Å²) in [6.45, 7) is 2.97. The SMILES string of the molecule is CC1CCN(C(=O)NC(C)(C(C)(F)F)C(F)(F)F)CC1. The Morgan fingerprint density at radius 1 is 1.10 bits per heavy atom. The fourth-order valence-corrected chi connectivity index (χ4v) is 1.93. The van der Waals surface area contributed by atoms with E-state index in [0.29, 0.717) is 25.7 Å². The monoisotopic (exact) mass is 302 g/mol. The molecule has 1 atom stereocenters. The number of nitrogens with one attached hydrogen (secondary N) is 1. The first-order valence-electron chi connectivity index (χ1n) is 6.40. The van der Waals surface area contributed by atoms with Crippen LogP contribution in [-0.2, 0) is 0 Å². The second-order valence-electron chi connectivity index (χ2n) is 5.61. The maximum absolute atomic E-state index is 13.3. The molecule has 1 aliphatic rings. The summed E-state index contributed by atoms with van der Waals surface area (Å²) in [6, 6.07) is -1.10. The lowest BCUT2D eigenvalue weighted by Gasteiger charge is -2.40. The summed E-state index contributed by atoms with van der Waals surface area (Å²) >= 11 is 0. The lowest BCUT2D eigenvalue weighted by molar-refractivity contribution is -0.250. The van der Waals surface area contributed by atoms with E-state index < -0.39 is 23.7 Å². The van der Waals surface area contributed by atoms with Crippen molar-refractivity contribution in [2.75, 3.05) is 13.1 Å². The van der Waals surface area contributed by atoms with Crippen molar-refractivity contribution in [3.8, 4) is 0 Å². The number of rotatable bonds is 2. The van der Waals surface area contributed by atoms with Gasteiger partial charge in [-0.3, -0.25) is 0 Å². The van der Waals surface area contributed by atoms with Crippen LogP contribution in [0.4, 0.5) is 26.7 Å². The number of carbonyl (C=O) groups is 1. The molecule has 2 amide bonds. The van der Waals surface area contributed by atoms with Crippen molar-refractivity contribution in [2.45, 2.75) is 51.3 Å². The van der Waals surface area contributed by atoms with Gasteiger partial charge in [-0.25, -0.2) is 13.6 Å². The molecule has 1 heterocycles. The molecule has 0 aliphatic carbocycles. The second kappa shape index (κ2) is 5.37. The minimum absolute atomic E-state index is 0.152. The Balaban J connectivity index is 2.84. The van der Waals surface area contributed by atoms with Crippen molar-refractivity contribution in [1.82, 2.24) is 10.2 Å². The Kier molecular flexibility index (Phi) is 4.55. The molecule has 0 aromatic heterocycles. The molecule has 1 aliphatic heterocycles. The molecular formula is C12H19F5N2O. The number of halogens is 5. The summed E-state index contributed by atoms with van der Waals surface area (Å²) in [4.78, 5) is 12.9. The van der Waals surface area contributed by atoms with E-state index in [4.69, 9.17) is 0 Å². The molecule has 8 heteroatoms. The molecule has 1 rings (SSSR count). The maximum atomic E-state index is 13.3. The highest BCUT2D eigenvalue weighted by atomic mass is 19.4. The van der Waals surface area contributed by atoms with Crippen LogP contribution < -0.4 is 5.32 Å². The van der Waals surface area contributed by atoms with Gasteiger partial charge in [0.2, 0.25) is 0 Å². The third kappa shape index (κ3) is 3.32. The normalized spacial score (nSPS) is 21.5. The minimum atomic E-state index is -5.25. The Morgan fingerprint density at radius 3 is 1.90 bits per heavy atom. The van der Waals surface area contributed by atoms with Crippen LogP contribution in [0.25, 0.3) is 0 Å². The number of alkyl halides is 5. The zero-order valence-corrected chi connectivity index (χ0v) is 11.7. The zero-order valence-electron chi connectivity index (χ0n) is 11.7. The predicted molar refractivity (Wildman–Crippen MR) is 63.6 cm³/mol.